The van der Waals surface area contributed by atoms with Crippen molar-refractivity contribution in [3.05, 3.63) is 24.3 Å². The maximum absolute atomic E-state index is 12.6. The van der Waals surface area contributed by atoms with Crippen LogP contribution in [0.1, 0.15) is 239 Å². The quantitative estimate of drug-likeness (QED) is 0.0400. The molecule has 0 aliphatic carbocycles. The average Bonchev–Trinajstić information content (AvgIpc) is 3.07. The van der Waals surface area contributed by atoms with Gasteiger partial charge in [0.05, 0.1) is 0 Å². The molecule has 1 atom stereocenters. The predicted molar refractivity (Wildman–Crippen MR) is 209 cm³/mol. The van der Waals surface area contributed by atoms with Crippen molar-refractivity contribution in [1.29, 1.82) is 0 Å². The summed E-state index contributed by atoms with van der Waals surface area (Å²) in [6.07, 6.45) is 50.6. The summed E-state index contributed by atoms with van der Waals surface area (Å²) in [5, 5.41) is 8.91. The lowest BCUT2D eigenvalue weighted by atomic mass is 10.0. The number of carbonyl (C=O) groups excluding carboxylic acids is 1. The minimum atomic E-state index is -0.722. The van der Waals surface area contributed by atoms with E-state index in [1.54, 1.807) is 0 Å². The first kappa shape index (κ1) is 46.4. The molecule has 282 valence electrons. The van der Waals surface area contributed by atoms with Crippen molar-refractivity contribution >= 4 is 11.9 Å². The molecule has 1 N–H and O–H groups in total. The second kappa shape index (κ2) is 39.9. The van der Waals surface area contributed by atoms with Crippen molar-refractivity contribution in [1.82, 2.24) is 0 Å². The number of hydrogen-bond donors (Lipinski definition) is 1. The minimum Gasteiger partial charge on any atom is -0.481 e. The minimum absolute atomic E-state index is 0.00249. The van der Waals surface area contributed by atoms with Gasteiger partial charge in [-0.15, -0.1) is 0 Å². The maximum Gasteiger partial charge on any atom is 0.306 e. The number of unbranched alkanes of at least 4 members (excludes halogenated alkanes) is 26. The highest BCUT2D eigenvalue weighted by atomic mass is 16.5. The van der Waals surface area contributed by atoms with Crippen molar-refractivity contribution in [2.75, 3.05) is 0 Å². The lowest BCUT2D eigenvalue weighted by Gasteiger charge is -2.18. The van der Waals surface area contributed by atoms with Crippen LogP contribution in [0.3, 0.4) is 0 Å². The fourth-order valence-electron chi connectivity index (χ4n) is 6.51. The third kappa shape index (κ3) is 38.9. The van der Waals surface area contributed by atoms with Crippen LogP contribution in [0.15, 0.2) is 24.3 Å². The molecular weight excluding hydrogens is 592 g/mol. The lowest BCUT2D eigenvalue weighted by Crippen LogP contribution is -2.18. The van der Waals surface area contributed by atoms with E-state index >= 15 is 0 Å². The second-order valence-corrected chi connectivity index (χ2v) is 14.5. The van der Waals surface area contributed by atoms with E-state index in [-0.39, 0.29) is 18.5 Å². The van der Waals surface area contributed by atoms with Gasteiger partial charge in [0, 0.05) is 12.8 Å². The first-order valence-corrected chi connectivity index (χ1v) is 21.3. The molecule has 0 aromatic heterocycles. The summed E-state index contributed by atoms with van der Waals surface area (Å²) in [5.41, 5.74) is 0. The zero-order chi connectivity index (χ0) is 35.0. The molecule has 0 saturated carbocycles. The van der Waals surface area contributed by atoms with Gasteiger partial charge in [-0.3, -0.25) is 9.59 Å². The van der Waals surface area contributed by atoms with Gasteiger partial charge in [-0.2, -0.15) is 0 Å². The zero-order valence-corrected chi connectivity index (χ0v) is 32.3. The van der Waals surface area contributed by atoms with Gasteiger partial charge >= 0.3 is 11.9 Å². The Bertz CT molecular complexity index is 727. The Balaban J connectivity index is 3.88. The maximum atomic E-state index is 12.6. The largest absolute Gasteiger partial charge is 0.481 e. The molecule has 48 heavy (non-hydrogen) atoms. The van der Waals surface area contributed by atoms with E-state index in [0.29, 0.717) is 12.8 Å². The number of allylic oxidation sites excluding steroid dienone is 4. The van der Waals surface area contributed by atoms with Gasteiger partial charge in [-0.05, 0) is 70.6 Å². The highest BCUT2D eigenvalue weighted by Gasteiger charge is 2.14. The summed E-state index contributed by atoms with van der Waals surface area (Å²) < 4.78 is 5.96. The monoisotopic (exact) mass is 675 g/mol. The SMILES string of the molecule is CCCCC/C=C\C/C=C\CCCCCCCCCCCC(=O)OC(CCCCCCCCCCCCCCC)CCCCCC(=O)O. The summed E-state index contributed by atoms with van der Waals surface area (Å²) in [7, 11) is 0. The van der Waals surface area contributed by atoms with Crippen LogP contribution in [-0.2, 0) is 14.3 Å². The van der Waals surface area contributed by atoms with Gasteiger partial charge in [0.2, 0.25) is 0 Å². The van der Waals surface area contributed by atoms with Gasteiger partial charge in [0.1, 0.15) is 6.10 Å². The highest BCUT2D eigenvalue weighted by Crippen LogP contribution is 2.19. The van der Waals surface area contributed by atoms with Crippen molar-refractivity contribution < 1.29 is 19.4 Å². The molecule has 0 fully saturated rings. The van der Waals surface area contributed by atoms with Gasteiger partial charge in [-0.1, -0.05) is 179 Å². The van der Waals surface area contributed by atoms with E-state index in [1.807, 2.05) is 0 Å². The highest BCUT2D eigenvalue weighted by molar-refractivity contribution is 5.69. The number of carboxylic acid groups (broad SMARTS) is 1. The molecule has 0 rings (SSSR count). The van der Waals surface area contributed by atoms with Crippen LogP contribution in [0.4, 0.5) is 0 Å². The number of carbonyl (C=O) groups is 2. The molecule has 0 radical (unpaired) electrons. The van der Waals surface area contributed by atoms with Crippen LogP contribution in [0, 0.1) is 0 Å². The van der Waals surface area contributed by atoms with Crippen LogP contribution in [0.25, 0.3) is 0 Å². The Labute approximate surface area is 299 Å². The van der Waals surface area contributed by atoms with E-state index < -0.39 is 5.97 Å². The Hall–Kier alpha value is -1.58. The lowest BCUT2D eigenvalue weighted by molar-refractivity contribution is -0.150. The molecule has 0 amide bonds. The molecule has 0 aliphatic heterocycles. The van der Waals surface area contributed by atoms with E-state index in [0.717, 1.165) is 51.4 Å². The van der Waals surface area contributed by atoms with E-state index in [9.17, 15) is 9.59 Å². The van der Waals surface area contributed by atoms with Crippen molar-refractivity contribution in [2.24, 2.45) is 0 Å². The molecule has 4 heteroatoms. The van der Waals surface area contributed by atoms with Crippen molar-refractivity contribution in [3.8, 4) is 0 Å². The molecule has 0 bridgehead atoms. The van der Waals surface area contributed by atoms with Crippen LogP contribution in [0.2, 0.25) is 0 Å². The number of aliphatic carboxylic acids is 1. The normalized spacial score (nSPS) is 12.4. The first-order chi connectivity index (χ1) is 23.6. The van der Waals surface area contributed by atoms with Crippen LogP contribution < -0.4 is 0 Å². The molecular formula is C44H82O4. The fourth-order valence-corrected chi connectivity index (χ4v) is 6.51. The number of hydrogen-bond acceptors (Lipinski definition) is 3. The van der Waals surface area contributed by atoms with E-state index in [4.69, 9.17) is 9.84 Å². The number of carboxylic acids is 1. The molecule has 4 nitrogen and oxygen atoms in total. The van der Waals surface area contributed by atoms with E-state index in [1.165, 1.54) is 154 Å². The summed E-state index contributed by atoms with van der Waals surface area (Å²) in [5.74, 6) is -0.752. The Morgan fingerprint density at radius 3 is 1.29 bits per heavy atom. The second-order valence-electron chi connectivity index (χ2n) is 14.5. The topological polar surface area (TPSA) is 63.6 Å². The zero-order valence-electron chi connectivity index (χ0n) is 32.3. The fraction of sp³-hybridized carbons (Fsp3) is 0.864. The van der Waals surface area contributed by atoms with Crippen molar-refractivity contribution in [3.63, 3.8) is 0 Å². The van der Waals surface area contributed by atoms with Gasteiger partial charge in [0.15, 0.2) is 0 Å². The van der Waals surface area contributed by atoms with Crippen molar-refractivity contribution in [2.45, 2.75) is 245 Å². The molecule has 0 heterocycles. The van der Waals surface area contributed by atoms with Gasteiger partial charge < -0.3 is 9.84 Å². The molecule has 1 unspecified atom stereocenters. The smallest absolute Gasteiger partial charge is 0.306 e. The molecule has 0 aromatic carbocycles. The third-order valence-corrected chi connectivity index (χ3v) is 9.68. The van der Waals surface area contributed by atoms with Crippen LogP contribution >= 0.6 is 0 Å². The molecule has 0 saturated heterocycles. The molecule has 0 spiro atoms. The number of esters is 1. The average molecular weight is 675 g/mol. The standard InChI is InChI=1S/C44H82O4/c1-3-5-7-9-11-13-15-17-18-19-20-21-22-24-26-28-30-32-37-41-44(47)48-42(39-35-33-36-40-43(45)46)38-34-31-29-27-25-23-16-14-12-10-8-6-4-2/h11,13,17-18,42H,3-10,12,14-16,19-41H2,1-2H3,(H,45,46)/b13-11-,18-17-. The van der Waals surface area contributed by atoms with Gasteiger partial charge in [-0.25, -0.2) is 0 Å². The Morgan fingerprint density at radius 2 is 0.812 bits per heavy atom. The van der Waals surface area contributed by atoms with Crippen LogP contribution in [-0.4, -0.2) is 23.1 Å². The summed E-state index contributed by atoms with van der Waals surface area (Å²) in [4.78, 5) is 23.5. The molecule has 0 aromatic rings. The summed E-state index contributed by atoms with van der Waals surface area (Å²) in [6, 6.07) is 0. The third-order valence-electron chi connectivity index (χ3n) is 9.68. The summed E-state index contributed by atoms with van der Waals surface area (Å²) in [6.45, 7) is 4.53. The Morgan fingerprint density at radius 1 is 0.458 bits per heavy atom. The number of ether oxygens (including phenoxy) is 1. The Kier molecular flexibility index (Phi) is 38.5. The first-order valence-electron chi connectivity index (χ1n) is 21.3. The van der Waals surface area contributed by atoms with E-state index in [2.05, 4.69) is 38.2 Å². The molecule has 0 aliphatic rings. The summed E-state index contributed by atoms with van der Waals surface area (Å²) >= 11 is 0. The predicted octanol–water partition coefficient (Wildman–Crippen LogP) is 14.8. The van der Waals surface area contributed by atoms with Crippen LogP contribution in [0.5, 0.6) is 0 Å². The van der Waals surface area contributed by atoms with Gasteiger partial charge in [0.25, 0.3) is 0 Å². The number of rotatable bonds is 39.